The highest BCUT2D eigenvalue weighted by atomic mass is 32.2. The van der Waals surface area contributed by atoms with Crippen molar-refractivity contribution in [1.82, 2.24) is 9.62 Å². The molecule has 5 heteroatoms. The monoisotopic (exact) mass is 344 g/mol. The lowest BCUT2D eigenvalue weighted by molar-refractivity contribution is 0.257. The molecule has 1 heterocycles. The molecule has 0 bridgehead atoms. The molecule has 2 aromatic carbocycles. The van der Waals surface area contributed by atoms with Crippen LogP contribution in [0.4, 0.5) is 0 Å². The number of rotatable bonds is 7. The average molecular weight is 344 g/mol. The Kier molecular flexibility index (Phi) is 5.66. The van der Waals surface area contributed by atoms with Crippen molar-refractivity contribution in [2.75, 3.05) is 19.6 Å². The van der Waals surface area contributed by atoms with Gasteiger partial charge in [-0.3, -0.25) is 4.90 Å². The maximum atomic E-state index is 12.2. The highest BCUT2D eigenvalue weighted by molar-refractivity contribution is 7.89. The van der Waals surface area contributed by atoms with E-state index in [0.717, 1.165) is 19.5 Å². The van der Waals surface area contributed by atoms with Gasteiger partial charge in [0.25, 0.3) is 0 Å². The van der Waals surface area contributed by atoms with E-state index in [0.29, 0.717) is 17.5 Å². The molecule has 1 fully saturated rings. The van der Waals surface area contributed by atoms with Gasteiger partial charge in [-0.1, -0.05) is 48.5 Å². The van der Waals surface area contributed by atoms with E-state index in [2.05, 4.69) is 33.9 Å². The zero-order valence-electron chi connectivity index (χ0n) is 13.8. The molecule has 0 radical (unpaired) electrons. The van der Waals surface area contributed by atoms with Gasteiger partial charge in [-0.2, -0.15) is 0 Å². The average Bonchev–Trinajstić information content (AvgIpc) is 3.03. The van der Waals surface area contributed by atoms with E-state index < -0.39 is 10.0 Å². The van der Waals surface area contributed by atoms with Crippen LogP contribution in [0, 0.1) is 0 Å². The third-order valence-corrected chi connectivity index (χ3v) is 6.03. The van der Waals surface area contributed by atoms with E-state index in [1.54, 1.807) is 24.3 Å². The lowest BCUT2D eigenvalue weighted by atomic mass is 10.0. The van der Waals surface area contributed by atoms with Crippen molar-refractivity contribution in [1.29, 1.82) is 0 Å². The van der Waals surface area contributed by atoms with Crippen LogP contribution in [-0.2, 0) is 16.4 Å². The molecule has 1 aliphatic rings. The Morgan fingerprint density at radius 2 is 1.67 bits per heavy atom. The fraction of sp³-hybridized carbons (Fsp3) is 0.368. The van der Waals surface area contributed by atoms with Gasteiger partial charge >= 0.3 is 0 Å². The summed E-state index contributed by atoms with van der Waals surface area (Å²) < 4.78 is 27.2. The van der Waals surface area contributed by atoms with Gasteiger partial charge in [0.1, 0.15) is 0 Å². The van der Waals surface area contributed by atoms with Gasteiger partial charge in [-0.05, 0) is 43.5 Å². The van der Waals surface area contributed by atoms with E-state index in [-0.39, 0.29) is 0 Å². The summed E-state index contributed by atoms with van der Waals surface area (Å²) in [5, 5.41) is 0. The third kappa shape index (κ3) is 4.44. The molecule has 24 heavy (non-hydrogen) atoms. The summed E-state index contributed by atoms with van der Waals surface area (Å²) in [4.78, 5) is 2.73. The first-order valence-electron chi connectivity index (χ1n) is 8.48. The SMILES string of the molecule is O=S(=O)(NCCN1CCCC1Cc1ccccc1)c1ccccc1. The zero-order chi connectivity index (χ0) is 16.8. The van der Waals surface area contributed by atoms with Crippen molar-refractivity contribution in [3.8, 4) is 0 Å². The predicted octanol–water partition coefficient (Wildman–Crippen LogP) is 2.67. The van der Waals surface area contributed by atoms with Crippen LogP contribution in [0.25, 0.3) is 0 Å². The molecular weight excluding hydrogens is 320 g/mol. The number of likely N-dealkylation sites (tertiary alicyclic amines) is 1. The van der Waals surface area contributed by atoms with Crippen LogP contribution in [0.1, 0.15) is 18.4 Å². The molecule has 0 aromatic heterocycles. The van der Waals surface area contributed by atoms with Crippen molar-refractivity contribution < 1.29 is 8.42 Å². The number of sulfonamides is 1. The van der Waals surface area contributed by atoms with Gasteiger partial charge in [0, 0.05) is 19.1 Å². The standard InChI is InChI=1S/C19H24N2O2S/c22-24(23,19-11-5-2-6-12-19)20-13-15-21-14-7-10-18(21)16-17-8-3-1-4-9-17/h1-6,8-9,11-12,18,20H,7,10,13-16H2. The van der Waals surface area contributed by atoms with E-state index >= 15 is 0 Å². The minimum absolute atomic E-state index is 0.326. The highest BCUT2D eigenvalue weighted by Crippen LogP contribution is 2.20. The smallest absolute Gasteiger partial charge is 0.240 e. The summed E-state index contributed by atoms with van der Waals surface area (Å²) in [6.07, 6.45) is 3.40. The molecule has 1 unspecified atom stereocenters. The topological polar surface area (TPSA) is 49.4 Å². The van der Waals surface area contributed by atoms with E-state index in [1.165, 1.54) is 18.4 Å². The Labute approximate surface area is 144 Å². The summed E-state index contributed by atoms with van der Waals surface area (Å²) in [7, 11) is -3.41. The molecule has 0 saturated carbocycles. The number of nitrogens with one attached hydrogen (secondary N) is 1. The van der Waals surface area contributed by atoms with E-state index in [1.807, 2.05) is 12.1 Å². The molecule has 0 amide bonds. The van der Waals surface area contributed by atoms with Crippen LogP contribution >= 0.6 is 0 Å². The van der Waals surface area contributed by atoms with Gasteiger partial charge in [-0.25, -0.2) is 13.1 Å². The molecule has 4 nitrogen and oxygen atoms in total. The van der Waals surface area contributed by atoms with Crippen LogP contribution in [0.2, 0.25) is 0 Å². The molecular formula is C19H24N2O2S. The Hall–Kier alpha value is -1.69. The number of hydrogen-bond acceptors (Lipinski definition) is 3. The Morgan fingerprint density at radius 3 is 2.38 bits per heavy atom. The second kappa shape index (κ2) is 7.92. The Bertz CT molecular complexity index is 732. The predicted molar refractivity (Wildman–Crippen MR) is 96.4 cm³/mol. The van der Waals surface area contributed by atoms with Crippen molar-refractivity contribution in [3.05, 3.63) is 66.2 Å². The van der Waals surface area contributed by atoms with Crippen molar-refractivity contribution in [3.63, 3.8) is 0 Å². The minimum atomic E-state index is -3.41. The Morgan fingerprint density at radius 1 is 1.00 bits per heavy atom. The van der Waals surface area contributed by atoms with E-state index in [9.17, 15) is 8.42 Å². The van der Waals surface area contributed by atoms with Crippen LogP contribution in [0.5, 0.6) is 0 Å². The largest absolute Gasteiger partial charge is 0.299 e. The first kappa shape index (κ1) is 17.1. The van der Waals surface area contributed by atoms with Crippen LogP contribution in [0.15, 0.2) is 65.6 Å². The number of hydrogen-bond donors (Lipinski definition) is 1. The molecule has 3 rings (SSSR count). The fourth-order valence-electron chi connectivity index (χ4n) is 3.31. The van der Waals surface area contributed by atoms with Crippen LogP contribution in [0.3, 0.4) is 0 Å². The maximum absolute atomic E-state index is 12.2. The van der Waals surface area contributed by atoms with Gasteiger partial charge in [0.15, 0.2) is 0 Å². The second-order valence-corrected chi connectivity index (χ2v) is 8.00. The fourth-order valence-corrected chi connectivity index (χ4v) is 4.36. The molecule has 0 aliphatic carbocycles. The highest BCUT2D eigenvalue weighted by Gasteiger charge is 2.24. The summed E-state index contributed by atoms with van der Waals surface area (Å²) in [5.41, 5.74) is 1.35. The minimum Gasteiger partial charge on any atom is -0.299 e. The normalized spacial score (nSPS) is 18.8. The summed E-state index contributed by atoms with van der Waals surface area (Å²) in [6.45, 7) is 2.25. The van der Waals surface area contributed by atoms with Gasteiger partial charge in [0.05, 0.1) is 4.90 Å². The molecule has 1 N–H and O–H groups in total. The number of nitrogens with zero attached hydrogens (tertiary/aromatic N) is 1. The molecule has 1 aliphatic heterocycles. The Balaban J connectivity index is 1.52. The summed E-state index contributed by atoms with van der Waals surface area (Å²) in [5.74, 6) is 0. The molecule has 2 aromatic rings. The zero-order valence-corrected chi connectivity index (χ0v) is 14.6. The molecule has 0 spiro atoms. The summed E-state index contributed by atoms with van der Waals surface area (Å²) in [6, 6.07) is 19.6. The van der Waals surface area contributed by atoms with E-state index in [4.69, 9.17) is 0 Å². The van der Waals surface area contributed by atoms with Gasteiger partial charge < -0.3 is 0 Å². The summed E-state index contributed by atoms with van der Waals surface area (Å²) >= 11 is 0. The van der Waals surface area contributed by atoms with Gasteiger partial charge in [-0.15, -0.1) is 0 Å². The number of benzene rings is 2. The van der Waals surface area contributed by atoms with Crippen molar-refractivity contribution in [2.45, 2.75) is 30.2 Å². The molecule has 1 saturated heterocycles. The molecule has 128 valence electrons. The first-order chi connectivity index (χ1) is 11.6. The molecule has 1 atom stereocenters. The lowest BCUT2D eigenvalue weighted by Crippen LogP contribution is -2.38. The quantitative estimate of drug-likeness (QED) is 0.840. The lowest BCUT2D eigenvalue weighted by Gasteiger charge is -2.24. The maximum Gasteiger partial charge on any atom is 0.240 e. The first-order valence-corrected chi connectivity index (χ1v) is 9.96. The van der Waals surface area contributed by atoms with Gasteiger partial charge in [0.2, 0.25) is 10.0 Å². The van der Waals surface area contributed by atoms with Crippen molar-refractivity contribution in [2.24, 2.45) is 0 Å². The second-order valence-electron chi connectivity index (χ2n) is 6.23. The van der Waals surface area contributed by atoms with Crippen LogP contribution in [-0.4, -0.2) is 39.0 Å². The van der Waals surface area contributed by atoms with Crippen molar-refractivity contribution >= 4 is 10.0 Å². The van der Waals surface area contributed by atoms with Crippen LogP contribution < -0.4 is 4.72 Å². The third-order valence-electron chi connectivity index (χ3n) is 4.56.